The Morgan fingerprint density at radius 3 is 2.43 bits per heavy atom. The van der Waals surface area contributed by atoms with E-state index in [1.165, 1.54) is 32.1 Å². The van der Waals surface area contributed by atoms with Gasteiger partial charge in [0, 0.05) is 0 Å². The molecular formula is C14H26. The molecule has 4 unspecified atom stereocenters. The lowest BCUT2D eigenvalue weighted by Gasteiger charge is -2.19. The Morgan fingerprint density at radius 2 is 1.86 bits per heavy atom. The summed E-state index contributed by atoms with van der Waals surface area (Å²) in [4.78, 5) is 0. The van der Waals surface area contributed by atoms with Crippen molar-refractivity contribution in [3.8, 4) is 0 Å². The van der Waals surface area contributed by atoms with Gasteiger partial charge in [-0.05, 0) is 48.9 Å². The van der Waals surface area contributed by atoms with Crippen molar-refractivity contribution in [2.75, 3.05) is 0 Å². The summed E-state index contributed by atoms with van der Waals surface area (Å²) in [5.41, 5.74) is 0. The van der Waals surface area contributed by atoms with Crippen LogP contribution >= 0.6 is 0 Å². The summed E-state index contributed by atoms with van der Waals surface area (Å²) in [7, 11) is 0. The fourth-order valence-electron chi connectivity index (χ4n) is 3.15. The van der Waals surface area contributed by atoms with Gasteiger partial charge in [0.2, 0.25) is 0 Å². The number of rotatable bonds is 6. The Kier molecular flexibility index (Phi) is 3.19. The fourth-order valence-corrected chi connectivity index (χ4v) is 3.15. The first-order chi connectivity index (χ1) is 6.74. The van der Waals surface area contributed by atoms with Crippen LogP contribution in [-0.4, -0.2) is 0 Å². The zero-order valence-electron chi connectivity index (χ0n) is 10.1. The Bertz CT molecular complexity index is 180. The first kappa shape index (κ1) is 10.5. The molecule has 14 heavy (non-hydrogen) atoms. The maximum Gasteiger partial charge on any atom is -0.0355 e. The minimum atomic E-state index is 1.02. The van der Waals surface area contributed by atoms with Crippen molar-refractivity contribution in [3.05, 3.63) is 0 Å². The second-order valence-electron chi connectivity index (χ2n) is 5.86. The molecule has 2 fully saturated rings. The van der Waals surface area contributed by atoms with Crippen LogP contribution in [0.4, 0.5) is 0 Å². The van der Waals surface area contributed by atoms with Crippen LogP contribution in [0.3, 0.4) is 0 Å². The van der Waals surface area contributed by atoms with Crippen LogP contribution in [0.5, 0.6) is 0 Å². The summed E-state index contributed by atoms with van der Waals surface area (Å²) in [5.74, 6) is 5.37. The van der Waals surface area contributed by atoms with Crippen molar-refractivity contribution < 1.29 is 0 Å². The van der Waals surface area contributed by atoms with Gasteiger partial charge in [-0.1, -0.05) is 40.0 Å². The lowest BCUT2D eigenvalue weighted by Crippen LogP contribution is -2.13. The molecule has 82 valence electrons. The number of hydrogen-bond donors (Lipinski definition) is 0. The predicted molar refractivity (Wildman–Crippen MR) is 62.2 cm³/mol. The Morgan fingerprint density at radius 1 is 1.14 bits per heavy atom. The SMILES string of the molecule is CCCCC1CC1C(C)C(C)C1CC1. The second kappa shape index (κ2) is 4.24. The molecule has 0 bridgehead atoms. The van der Waals surface area contributed by atoms with Crippen LogP contribution in [0.15, 0.2) is 0 Å². The predicted octanol–water partition coefficient (Wildman–Crippen LogP) is 4.49. The highest BCUT2D eigenvalue weighted by molar-refractivity contribution is 4.94. The van der Waals surface area contributed by atoms with Crippen LogP contribution in [0.1, 0.15) is 59.3 Å². The third-order valence-corrected chi connectivity index (χ3v) is 4.78. The minimum absolute atomic E-state index is 1.02. The molecule has 0 aromatic rings. The van der Waals surface area contributed by atoms with E-state index in [-0.39, 0.29) is 0 Å². The van der Waals surface area contributed by atoms with Crippen molar-refractivity contribution in [1.29, 1.82) is 0 Å². The van der Waals surface area contributed by atoms with Crippen LogP contribution in [-0.2, 0) is 0 Å². The van der Waals surface area contributed by atoms with E-state index in [2.05, 4.69) is 20.8 Å². The Hall–Kier alpha value is 0. The molecule has 0 radical (unpaired) electrons. The van der Waals surface area contributed by atoms with Gasteiger partial charge in [0.15, 0.2) is 0 Å². The summed E-state index contributed by atoms with van der Waals surface area (Å²) >= 11 is 0. The molecule has 0 nitrogen and oxygen atoms in total. The largest absolute Gasteiger partial charge is 0.0654 e. The van der Waals surface area contributed by atoms with E-state index in [9.17, 15) is 0 Å². The summed E-state index contributed by atoms with van der Waals surface area (Å²) in [6, 6.07) is 0. The molecule has 4 atom stereocenters. The van der Waals surface area contributed by atoms with E-state index in [0.29, 0.717) is 0 Å². The van der Waals surface area contributed by atoms with Gasteiger partial charge in [-0.2, -0.15) is 0 Å². The highest BCUT2D eigenvalue weighted by Gasteiger charge is 2.44. The van der Waals surface area contributed by atoms with E-state index in [4.69, 9.17) is 0 Å². The zero-order chi connectivity index (χ0) is 10.1. The Labute approximate surface area is 89.5 Å². The van der Waals surface area contributed by atoms with Gasteiger partial charge >= 0.3 is 0 Å². The van der Waals surface area contributed by atoms with E-state index in [1.807, 2.05) is 0 Å². The molecule has 0 heteroatoms. The molecule has 0 aliphatic heterocycles. The smallest absolute Gasteiger partial charge is 0.0355 e. The van der Waals surface area contributed by atoms with E-state index in [0.717, 1.165) is 29.6 Å². The quantitative estimate of drug-likeness (QED) is 0.584. The molecule has 0 N–H and O–H groups in total. The van der Waals surface area contributed by atoms with Crippen LogP contribution in [0.25, 0.3) is 0 Å². The third kappa shape index (κ3) is 2.32. The molecule has 0 aromatic carbocycles. The summed E-state index contributed by atoms with van der Waals surface area (Å²) < 4.78 is 0. The fraction of sp³-hybridized carbons (Fsp3) is 1.00. The lowest BCUT2D eigenvalue weighted by atomic mass is 9.86. The molecule has 0 amide bonds. The average Bonchev–Trinajstić information content (AvgIpc) is 3.02. The van der Waals surface area contributed by atoms with Gasteiger partial charge in [0.05, 0.1) is 0 Å². The Balaban J connectivity index is 1.69. The standard InChI is InChI=1S/C14H26/c1-4-5-6-13-9-14(13)11(3)10(2)12-7-8-12/h10-14H,4-9H2,1-3H3. The van der Waals surface area contributed by atoms with E-state index >= 15 is 0 Å². The second-order valence-corrected chi connectivity index (χ2v) is 5.86. The average molecular weight is 194 g/mol. The van der Waals surface area contributed by atoms with Gasteiger partial charge in [-0.25, -0.2) is 0 Å². The first-order valence-corrected chi connectivity index (χ1v) is 6.74. The van der Waals surface area contributed by atoms with Crippen LogP contribution < -0.4 is 0 Å². The molecule has 0 saturated heterocycles. The van der Waals surface area contributed by atoms with Crippen molar-refractivity contribution >= 4 is 0 Å². The molecular weight excluding hydrogens is 168 g/mol. The number of unbranched alkanes of at least 4 members (excludes halogenated alkanes) is 1. The molecule has 2 aliphatic carbocycles. The molecule has 0 spiro atoms. The lowest BCUT2D eigenvalue weighted by molar-refractivity contribution is 0.295. The topological polar surface area (TPSA) is 0 Å². The molecule has 0 aromatic heterocycles. The number of hydrogen-bond acceptors (Lipinski definition) is 0. The maximum atomic E-state index is 2.51. The van der Waals surface area contributed by atoms with Gasteiger partial charge in [-0.15, -0.1) is 0 Å². The van der Waals surface area contributed by atoms with Gasteiger partial charge in [0.1, 0.15) is 0 Å². The highest BCUT2D eigenvalue weighted by Crippen LogP contribution is 2.53. The monoisotopic (exact) mass is 194 g/mol. The first-order valence-electron chi connectivity index (χ1n) is 6.74. The molecule has 2 rings (SSSR count). The van der Waals surface area contributed by atoms with Gasteiger partial charge < -0.3 is 0 Å². The van der Waals surface area contributed by atoms with Crippen LogP contribution in [0.2, 0.25) is 0 Å². The van der Waals surface area contributed by atoms with E-state index in [1.54, 1.807) is 6.42 Å². The van der Waals surface area contributed by atoms with Gasteiger partial charge in [0.25, 0.3) is 0 Å². The van der Waals surface area contributed by atoms with E-state index < -0.39 is 0 Å². The highest BCUT2D eigenvalue weighted by atomic mass is 14.5. The minimum Gasteiger partial charge on any atom is -0.0654 e. The van der Waals surface area contributed by atoms with Crippen molar-refractivity contribution in [3.63, 3.8) is 0 Å². The molecule has 2 aliphatic rings. The summed E-state index contributed by atoms with van der Waals surface area (Å²) in [6.07, 6.45) is 8.97. The van der Waals surface area contributed by atoms with Crippen molar-refractivity contribution in [1.82, 2.24) is 0 Å². The maximum absolute atomic E-state index is 2.51. The third-order valence-electron chi connectivity index (χ3n) is 4.78. The molecule has 2 saturated carbocycles. The van der Waals surface area contributed by atoms with Crippen molar-refractivity contribution in [2.24, 2.45) is 29.6 Å². The normalized spacial score (nSPS) is 35.4. The summed E-state index contributed by atoms with van der Waals surface area (Å²) in [5, 5.41) is 0. The van der Waals surface area contributed by atoms with Crippen LogP contribution in [0, 0.1) is 29.6 Å². The zero-order valence-corrected chi connectivity index (χ0v) is 10.1. The van der Waals surface area contributed by atoms with Crippen molar-refractivity contribution in [2.45, 2.75) is 59.3 Å². The van der Waals surface area contributed by atoms with Gasteiger partial charge in [-0.3, -0.25) is 0 Å². The summed E-state index contributed by atoms with van der Waals surface area (Å²) in [6.45, 7) is 7.32. The molecule has 0 heterocycles.